The van der Waals surface area contributed by atoms with E-state index in [1.54, 1.807) is 0 Å². The maximum absolute atomic E-state index is 6.17. The predicted molar refractivity (Wildman–Crippen MR) is 79.2 cm³/mol. The number of likely N-dealkylation sites (tertiary alicyclic amines) is 1. The fraction of sp³-hybridized carbons (Fsp3) is 0.533. The van der Waals surface area contributed by atoms with E-state index >= 15 is 0 Å². The molecule has 3 rings (SSSR count). The number of nitrogens with one attached hydrogen (secondary N) is 1. The molecule has 3 heterocycles. The van der Waals surface area contributed by atoms with Gasteiger partial charge in [-0.2, -0.15) is 0 Å². The molecule has 0 spiro atoms. The SMILES string of the molecule is CCCN1CCC(c2c(N)[nH]c3cccnc23)CC1. The summed E-state index contributed by atoms with van der Waals surface area (Å²) >= 11 is 0. The smallest absolute Gasteiger partial charge is 0.106 e. The molecule has 0 unspecified atom stereocenters. The molecule has 102 valence electrons. The second-order valence-electron chi connectivity index (χ2n) is 5.47. The molecule has 4 nitrogen and oxygen atoms in total. The maximum Gasteiger partial charge on any atom is 0.106 e. The van der Waals surface area contributed by atoms with Crippen molar-refractivity contribution in [3.8, 4) is 0 Å². The Kier molecular flexibility index (Phi) is 3.42. The van der Waals surface area contributed by atoms with Crippen molar-refractivity contribution >= 4 is 16.9 Å². The average Bonchev–Trinajstić information content (AvgIpc) is 2.76. The summed E-state index contributed by atoms with van der Waals surface area (Å²) in [6.07, 6.45) is 5.47. The van der Waals surface area contributed by atoms with Crippen molar-refractivity contribution < 1.29 is 0 Å². The predicted octanol–water partition coefficient (Wildman–Crippen LogP) is 2.73. The maximum atomic E-state index is 6.17. The van der Waals surface area contributed by atoms with Crippen LogP contribution >= 0.6 is 0 Å². The second kappa shape index (κ2) is 5.21. The van der Waals surface area contributed by atoms with Crippen molar-refractivity contribution in [3.63, 3.8) is 0 Å². The molecular weight excluding hydrogens is 236 g/mol. The number of nitrogens with zero attached hydrogens (tertiary/aromatic N) is 2. The summed E-state index contributed by atoms with van der Waals surface area (Å²) in [4.78, 5) is 10.3. The van der Waals surface area contributed by atoms with Crippen LogP contribution in [0.15, 0.2) is 18.3 Å². The number of hydrogen-bond donors (Lipinski definition) is 2. The minimum Gasteiger partial charge on any atom is -0.385 e. The van der Waals surface area contributed by atoms with Gasteiger partial charge >= 0.3 is 0 Å². The molecule has 3 N–H and O–H groups in total. The number of fused-ring (bicyclic) bond motifs is 1. The van der Waals surface area contributed by atoms with Gasteiger partial charge in [0, 0.05) is 11.8 Å². The van der Waals surface area contributed by atoms with Crippen LogP contribution in [0.3, 0.4) is 0 Å². The number of nitrogens with two attached hydrogens (primary N) is 1. The lowest BCUT2D eigenvalue weighted by atomic mass is 9.89. The highest BCUT2D eigenvalue weighted by molar-refractivity contribution is 5.85. The van der Waals surface area contributed by atoms with Gasteiger partial charge in [-0.25, -0.2) is 0 Å². The molecule has 0 saturated carbocycles. The number of rotatable bonds is 3. The van der Waals surface area contributed by atoms with Gasteiger partial charge in [0.15, 0.2) is 0 Å². The van der Waals surface area contributed by atoms with Crippen LogP contribution in [0.1, 0.15) is 37.7 Å². The molecule has 0 bridgehead atoms. The number of hydrogen-bond acceptors (Lipinski definition) is 3. The van der Waals surface area contributed by atoms with E-state index in [0.29, 0.717) is 5.92 Å². The van der Waals surface area contributed by atoms with Gasteiger partial charge in [-0.3, -0.25) is 4.98 Å². The quantitative estimate of drug-likeness (QED) is 0.890. The lowest BCUT2D eigenvalue weighted by molar-refractivity contribution is 0.213. The van der Waals surface area contributed by atoms with Crippen molar-refractivity contribution in [1.29, 1.82) is 0 Å². The summed E-state index contributed by atoms with van der Waals surface area (Å²) in [5.74, 6) is 1.36. The molecule has 4 heteroatoms. The highest BCUT2D eigenvalue weighted by Crippen LogP contribution is 2.36. The first-order valence-electron chi connectivity index (χ1n) is 7.24. The first-order chi connectivity index (χ1) is 9.29. The van der Waals surface area contributed by atoms with E-state index in [0.717, 1.165) is 16.9 Å². The Morgan fingerprint density at radius 1 is 1.42 bits per heavy atom. The van der Waals surface area contributed by atoms with E-state index < -0.39 is 0 Å². The zero-order chi connectivity index (χ0) is 13.2. The zero-order valence-corrected chi connectivity index (χ0v) is 11.5. The molecule has 1 aliphatic rings. The summed E-state index contributed by atoms with van der Waals surface area (Å²) in [5.41, 5.74) is 9.54. The van der Waals surface area contributed by atoms with Crippen molar-refractivity contribution in [2.75, 3.05) is 25.4 Å². The lowest BCUT2D eigenvalue weighted by Gasteiger charge is -2.31. The molecule has 0 atom stereocenters. The Hall–Kier alpha value is -1.55. The van der Waals surface area contributed by atoms with Crippen LogP contribution in [0, 0.1) is 0 Å². The van der Waals surface area contributed by atoms with Gasteiger partial charge in [0.05, 0.1) is 11.0 Å². The third kappa shape index (κ3) is 2.32. The van der Waals surface area contributed by atoms with E-state index in [1.165, 1.54) is 44.5 Å². The van der Waals surface area contributed by atoms with E-state index in [4.69, 9.17) is 5.73 Å². The van der Waals surface area contributed by atoms with Crippen LogP contribution in [0.4, 0.5) is 5.82 Å². The Morgan fingerprint density at radius 2 is 2.21 bits per heavy atom. The first-order valence-corrected chi connectivity index (χ1v) is 7.24. The molecule has 1 saturated heterocycles. The Morgan fingerprint density at radius 3 is 2.95 bits per heavy atom. The van der Waals surface area contributed by atoms with Crippen molar-refractivity contribution in [2.24, 2.45) is 0 Å². The van der Waals surface area contributed by atoms with Gasteiger partial charge in [-0.1, -0.05) is 6.92 Å². The molecule has 1 fully saturated rings. The number of aromatic nitrogens is 2. The minimum atomic E-state index is 0.553. The zero-order valence-electron chi connectivity index (χ0n) is 11.5. The second-order valence-corrected chi connectivity index (χ2v) is 5.47. The topological polar surface area (TPSA) is 57.9 Å². The summed E-state index contributed by atoms with van der Waals surface area (Å²) in [6, 6.07) is 4.00. The molecule has 0 radical (unpaired) electrons. The monoisotopic (exact) mass is 258 g/mol. The van der Waals surface area contributed by atoms with Gasteiger partial charge in [0.1, 0.15) is 5.82 Å². The number of piperidine rings is 1. The van der Waals surface area contributed by atoms with Gasteiger partial charge in [0.2, 0.25) is 0 Å². The van der Waals surface area contributed by atoms with E-state index in [2.05, 4.69) is 27.9 Å². The number of anilines is 1. The molecule has 1 aliphatic heterocycles. The van der Waals surface area contributed by atoms with Crippen LogP contribution in [-0.2, 0) is 0 Å². The average molecular weight is 258 g/mol. The van der Waals surface area contributed by atoms with Crippen molar-refractivity contribution in [3.05, 3.63) is 23.9 Å². The van der Waals surface area contributed by atoms with Gasteiger partial charge < -0.3 is 15.6 Å². The molecule has 0 aliphatic carbocycles. The molecule has 0 amide bonds. The fourth-order valence-electron chi connectivity index (χ4n) is 3.24. The number of nitrogen functional groups attached to an aromatic ring is 1. The van der Waals surface area contributed by atoms with Gasteiger partial charge in [-0.05, 0) is 56.9 Å². The number of H-pyrrole nitrogens is 1. The molecule has 2 aromatic heterocycles. The van der Waals surface area contributed by atoms with Crippen LogP contribution in [-0.4, -0.2) is 34.5 Å². The first kappa shape index (κ1) is 12.5. The van der Waals surface area contributed by atoms with Gasteiger partial charge in [-0.15, -0.1) is 0 Å². The molecule has 2 aromatic rings. The lowest BCUT2D eigenvalue weighted by Crippen LogP contribution is -2.33. The normalized spacial score (nSPS) is 18.2. The standard InChI is InChI=1S/C15H22N4/c1-2-8-19-9-5-11(6-10-19)13-14-12(18-15(13)16)4-3-7-17-14/h3-4,7,11,18H,2,5-6,8-10,16H2,1H3. The van der Waals surface area contributed by atoms with Crippen molar-refractivity contribution in [1.82, 2.24) is 14.9 Å². The third-order valence-electron chi connectivity index (χ3n) is 4.16. The summed E-state index contributed by atoms with van der Waals surface area (Å²) < 4.78 is 0. The molecule has 0 aromatic carbocycles. The van der Waals surface area contributed by atoms with Crippen LogP contribution in [0.25, 0.3) is 11.0 Å². The summed E-state index contributed by atoms with van der Waals surface area (Å²) in [6.45, 7) is 5.82. The molecule has 19 heavy (non-hydrogen) atoms. The Balaban J connectivity index is 1.83. The Bertz CT molecular complexity index is 552. The third-order valence-corrected chi connectivity index (χ3v) is 4.16. The minimum absolute atomic E-state index is 0.553. The fourth-order valence-corrected chi connectivity index (χ4v) is 3.24. The van der Waals surface area contributed by atoms with Crippen LogP contribution < -0.4 is 5.73 Å². The van der Waals surface area contributed by atoms with E-state index in [1.807, 2.05) is 12.3 Å². The highest BCUT2D eigenvalue weighted by Gasteiger charge is 2.25. The van der Waals surface area contributed by atoms with Crippen LogP contribution in [0.2, 0.25) is 0 Å². The van der Waals surface area contributed by atoms with Crippen molar-refractivity contribution in [2.45, 2.75) is 32.1 Å². The van der Waals surface area contributed by atoms with Gasteiger partial charge in [0.25, 0.3) is 0 Å². The highest BCUT2D eigenvalue weighted by atomic mass is 15.1. The summed E-state index contributed by atoms with van der Waals surface area (Å²) in [7, 11) is 0. The van der Waals surface area contributed by atoms with E-state index in [9.17, 15) is 0 Å². The number of pyridine rings is 1. The Labute approximate surface area is 114 Å². The van der Waals surface area contributed by atoms with Crippen LogP contribution in [0.5, 0.6) is 0 Å². The van der Waals surface area contributed by atoms with E-state index in [-0.39, 0.29) is 0 Å². The number of aromatic amines is 1. The summed E-state index contributed by atoms with van der Waals surface area (Å²) in [5, 5.41) is 0. The molecular formula is C15H22N4. The largest absolute Gasteiger partial charge is 0.385 e.